The van der Waals surface area contributed by atoms with E-state index in [1.807, 2.05) is 24.3 Å². The van der Waals surface area contributed by atoms with E-state index in [9.17, 15) is 4.79 Å². The molecule has 5 heteroatoms. The quantitative estimate of drug-likeness (QED) is 0.851. The molecule has 0 spiro atoms. The van der Waals surface area contributed by atoms with Gasteiger partial charge in [-0.2, -0.15) is 0 Å². The Bertz CT molecular complexity index is 612. The molecule has 0 bridgehead atoms. The normalized spacial score (nSPS) is 10.2. The van der Waals surface area contributed by atoms with Crippen molar-refractivity contribution in [3.05, 3.63) is 63.6 Å². The molecule has 2 rings (SSSR count). The van der Waals surface area contributed by atoms with E-state index < -0.39 is 0 Å². The largest absolute Gasteiger partial charge is 0.465 e. The SMILES string of the molecule is COC(=O)c1ccc(NCc2cccc(Cl)c2Cl)cc1. The molecule has 104 valence electrons. The molecule has 2 aromatic rings. The van der Waals surface area contributed by atoms with E-state index >= 15 is 0 Å². The Kier molecular flexibility index (Phi) is 4.88. The summed E-state index contributed by atoms with van der Waals surface area (Å²) in [7, 11) is 1.36. The second kappa shape index (κ2) is 6.64. The van der Waals surface area contributed by atoms with Crippen molar-refractivity contribution in [2.24, 2.45) is 0 Å². The number of ether oxygens (including phenoxy) is 1. The number of hydrogen-bond donors (Lipinski definition) is 1. The number of esters is 1. The van der Waals surface area contributed by atoms with Gasteiger partial charge in [0, 0.05) is 12.2 Å². The number of halogens is 2. The third-order valence-corrected chi connectivity index (χ3v) is 3.68. The third-order valence-electron chi connectivity index (χ3n) is 2.82. The minimum atomic E-state index is -0.352. The van der Waals surface area contributed by atoms with E-state index in [1.54, 1.807) is 18.2 Å². The molecule has 0 heterocycles. The number of rotatable bonds is 4. The zero-order chi connectivity index (χ0) is 14.5. The summed E-state index contributed by atoms with van der Waals surface area (Å²) < 4.78 is 4.64. The van der Waals surface area contributed by atoms with Crippen molar-refractivity contribution < 1.29 is 9.53 Å². The van der Waals surface area contributed by atoms with Crippen LogP contribution in [-0.4, -0.2) is 13.1 Å². The van der Waals surface area contributed by atoms with E-state index in [1.165, 1.54) is 7.11 Å². The number of hydrogen-bond acceptors (Lipinski definition) is 3. The standard InChI is InChI=1S/C15H13Cl2NO2/c1-20-15(19)10-5-7-12(8-6-10)18-9-11-3-2-4-13(16)14(11)17/h2-8,18H,9H2,1H3. The summed E-state index contributed by atoms with van der Waals surface area (Å²) in [6, 6.07) is 12.5. The van der Waals surface area contributed by atoms with Crippen LogP contribution in [0.2, 0.25) is 10.0 Å². The molecule has 0 unspecified atom stereocenters. The first-order chi connectivity index (χ1) is 9.61. The maximum Gasteiger partial charge on any atom is 0.337 e. The number of nitrogens with one attached hydrogen (secondary N) is 1. The molecular formula is C15H13Cl2NO2. The second-order valence-electron chi connectivity index (χ2n) is 4.14. The van der Waals surface area contributed by atoms with E-state index in [2.05, 4.69) is 10.1 Å². The van der Waals surface area contributed by atoms with Crippen molar-refractivity contribution in [3.8, 4) is 0 Å². The number of carbonyl (C=O) groups is 1. The lowest BCUT2D eigenvalue weighted by Gasteiger charge is -2.09. The van der Waals surface area contributed by atoms with Crippen LogP contribution in [0.4, 0.5) is 5.69 Å². The van der Waals surface area contributed by atoms with Crippen LogP contribution in [0.15, 0.2) is 42.5 Å². The van der Waals surface area contributed by atoms with Gasteiger partial charge in [0.2, 0.25) is 0 Å². The lowest BCUT2D eigenvalue weighted by atomic mass is 10.2. The van der Waals surface area contributed by atoms with Crippen molar-refractivity contribution >= 4 is 34.9 Å². The van der Waals surface area contributed by atoms with Gasteiger partial charge in [0.1, 0.15) is 0 Å². The van der Waals surface area contributed by atoms with Gasteiger partial charge in [-0.05, 0) is 35.9 Å². The average molecular weight is 310 g/mol. The number of anilines is 1. The first-order valence-corrected chi connectivity index (χ1v) is 6.72. The second-order valence-corrected chi connectivity index (χ2v) is 4.92. The molecule has 0 saturated heterocycles. The summed E-state index contributed by atoms with van der Waals surface area (Å²) in [5, 5.41) is 4.30. The summed E-state index contributed by atoms with van der Waals surface area (Å²) in [6.07, 6.45) is 0. The topological polar surface area (TPSA) is 38.3 Å². The highest BCUT2D eigenvalue weighted by molar-refractivity contribution is 6.42. The Morgan fingerprint density at radius 1 is 1.15 bits per heavy atom. The maximum absolute atomic E-state index is 11.3. The number of benzene rings is 2. The molecule has 0 aromatic heterocycles. The summed E-state index contributed by atoms with van der Waals surface area (Å²) in [5.74, 6) is -0.352. The Morgan fingerprint density at radius 2 is 1.85 bits per heavy atom. The summed E-state index contributed by atoms with van der Waals surface area (Å²) in [6.45, 7) is 0.553. The van der Waals surface area contributed by atoms with Gasteiger partial charge >= 0.3 is 5.97 Å². The van der Waals surface area contributed by atoms with Crippen molar-refractivity contribution in [3.63, 3.8) is 0 Å². The van der Waals surface area contributed by atoms with Crippen LogP contribution in [0.25, 0.3) is 0 Å². The molecule has 0 saturated carbocycles. The Labute approximate surface area is 127 Å². The zero-order valence-electron chi connectivity index (χ0n) is 10.8. The molecule has 2 aromatic carbocycles. The van der Waals surface area contributed by atoms with Crippen molar-refractivity contribution in [1.82, 2.24) is 0 Å². The van der Waals surface area contributed by atoms with Gasteiger partial charge in [0.15, 0.2) is 0 Å². The minimum Gasteiger partial charge on any atom is -0.465 e. The van der Waals surface area contributed by atoms with Crippen LogP contribution in [0.5, 0.6) is 0 Å². The predicted octanol–water partition coefficient (Wildman–Crippen LogP) is 4.39. The first kappa shape index (κ1) is 14.7. The van der Waals surface area contributed by atoms with E-state index in [0.717, 1.165) is 11.3 Å². The van der Waals surface area contributed by atoms with E-state index in [-0.39, 0.29) is 5.97 Å². The zero-order valence-corrected chi connectivity index (χ0v) is 12.3. The maximum atomic E-state index is 11.3. The van der Waals surface area contributed by atoms with Gasteiger partial charge in [-0.1, -0.05) is 35.3 Å². The van der Waals surface area contributed by atoms with Gasteiger partial charge < -0.3 is 10.1 Å². The highest BCUT2D eigenvalue weighted by Gasteiger charge is 2.06. The number of carbonyl (C=O) groups excluding carboxylic acids is 1. The van der Waals surface area contributed by atoms with Crippen molar-refractivity contribution in [1.29, 1.82) is 0 Å². The van der Waals surface area contributed by atoms with Crippen molar-refractivity contribution in [2.45, 2.75) is 6.54 Å². The van der Waals surface area contributed by atoms with Gasteiger partial charge in [-0.3, -0.25) is 0 Å². The molecule has 0 fully saturated rings. The van der Waals surface area contributed by atoms with Crippen LogP contribution < -0.4 is 5.32 Å². The molecule has 0 aliphatic heterocycles. The summed E-state index contributed by atoms with van der Waals surface area (Å²) in [4.78, 5) is 11.3. The Balaban J connectivity index is 2.04. The van der Waals surface area contributed by atoms with Crippen LogP contribution >= 0.6 is 23.2 Å². The fraction of sp³-hybridized carbons (Fsp3) is 0.133. The summed E-state index contributed by atoms with van der Waals surface area (Å²) >= 11 is 12.1. The molecule has 0 aliphatic carbocycles. The van der Waals surface area contributed by atoms with Crippen LogP contribution in [-0.2, 0) is 11.3 Å². The van der Waals surface area contributed by atoms with E-state index in [4.69, 9.17) is 23.2 Å². The van der Waals surface area contributed by atoms with Crippen LogP contribution in [0.1, 0.15) is 15.9 Å². The van der Waals surface area contributed by atoms with Gasteiger partial charge in [0.25, 0.3) is 0 Å². The molecule has 0 radical (unpaired) electrons. The lowest BCUT2D eigenvalue weighted by Crippen LogP contribution is -2.03. The van der Waals surface area contributed by atoms with Gasteiger partial charge in [-0.25, -0.2) is 4.79 Å². The molecule has 20 heavy (non-hydrogen) atoms. The molecule has 3 nitrogen and oxygen atoms in total. The molecule has 0 aliphatic rings. The van der Waals surface area contributed by atoms with Crippen LogP contribution in [0.3, 0.4) is 0 Å². The predicted molar refractivity (Wildman–Crippen MR) is 81.6 cm³/mol. The fourth-order valence-electron chi connectivity index (χ4n) is 1.72. The molecule has 1 N–H and O–H groups in total. The van der Waals surface area contributed by atoms with E-state index in [0.29, 0.717) is 22.2 Å². The Morgan fingerprint density at radius 3 is 2.50 bits per heavy atom. The molecule has 0 atom stereocenters. The molecular weight excluding hydrogens is 297 g/mol. The van der Waals surface area contributed by atoms with Gasteiger partial charge in [0.05, 0.1) is 22.7 Å². The highest BCUT2D eigenvalue weighted by Crippen LogP contribution is 2.26. The smallest absolute Gasteiger partial charge is 0.337 e. The lowest BCUT2D eigenvalue weighted by molar-refractivity contribution is 0.0601. The van der Waals surface area contributed by atoms with Crippen molar-refractivity contribution in [2.75, 3.05) is 12.4 Å². The minimum absolute atomic E-state index is 0.352. The molecule has 0 amide bonds. The van der Waals surface area contributed by atoms with Gasteiger partial charge in [-0.15, -0.1) is 0 Å². The highest BCUT2D eigenvalue weighted by atomic mass is 35.5. The number of methoxy groups -OCH3 is 1. The average Bonchev–Trinajstić information content (AvgIpc) is 2.48. The first-order valence-electron chi connectivity index (χ1n) is 5.97. The fourth-order valence-corrected chi connectivity index (χ4v) is 2.11. The van der Waals surface area contributed by atoms with Crippen LogP contribution in [0, 0.1) is 0 Å². The summed E-state index contributed by atoms with van der Waals surface area (Å²) in [5.41, 5.74) is 2.31. The monoisotopic (exact) mass is 309 g/mol. The third kappa shape index (κ3) is 3.44. The Hall–Kier alpha value is -1.71.